The first-order chi connectivity index (χ1) is 15.7. The van der Waals surface area contributed by atoms with Gasteiger partial charge in [0.05, 0.1) is 18.8 Å². The summed E-state index contributed by atoms with van der Waals surface area (Å²) in [5.74, 6) is 2.39. The van der Waals surface area contributed by atoms with Gasteiger partial charge in [-0.15, -0.1) is 24.0 Å². The van der Waals surface area contributed by atoms with Gasteiger partial charge in [-0.2, -0.15) is 0 Å². The molecule has 1 aromatic carbocycles. The van der Waals surface area contributed by atoms with E-state index in [1.54, 1.807) is 6.26 Å². The van der Waals surface area contributed by atoms with Crippen molar-refractivity contribution in [3.8, 4) is 11.5 Å². The van der Waals surface area contributed by atoms with Crippen molar-refractivity contribution in [1.29, 1.82) is 0 Å². The number of pyridine rings is 1. The fraction of sp³-hybridized carbons (Fsp3) is 0.375. The highest BCUT2D eigenvalue weighted by molar-refractivity contribution is 14.0. The lowest BCUT2D eigenvalue weighted by atomic mass is 10.2. The molecule has 0 aliphatic carbocycles. The fourth-order valence-corrected chi connectivity index (χ4v) is 3.64. The van der Waals surface area contributed by atoms with Crippen LogP contribution in [0.1, 0.15) is 18.2 Å². The first kappa shape index (κ1) is 25.0. The second-order valence-electron chi connectivity index (χ2n) is 7.84. The number of piperazine rings is 1. The number of likely N-dealkylation sites (N-methyl/N-ethyl adjacent to an activating group) is 1. The van der Waals surface area contributed by atoms with Gasteiger partial charge in [0.25, 0.3) is 0 Å². The molecule has 0 atom stereocenters. The Labute approximate surface area is 212 Å². The number of aliphatic imine (C=N–C) groups is 1. The smallest absolute Gasteiger partial charge is 0.226 e. The molecule has 2 N–H and O–H groups in total. The van der Waals surface area contributed by atoms with E-state index in [9.17, 15) is 0 Å². The molecule has 4 rings (SSSR count). The molecule has 8 nitrogen and oxygen atoms in total. The van der Waals surface area contributed by atoms with Gasteiger partial charge >= 0.3 is 0 Å². The molecular formula is C24H32IN7O. The van der Waals surface area contributed by atoms with Crippen LogP contribution in [-0.4, -0.2) is 60.6 Å². The molecule has 1 saturated heterocycles. The van der Waals surface area contributed by atoms with Crippen molar-refractivity contribution in [2.75, 3.05) is 44.7 Å². The van der Waals surface area contributed by atoms with Gasteiger partial charge in [-0.05, 0) is 32.2 Å². The number of guanidine groups is 1. The van der Waals surface area contributed by atoms with Crippen LogP contribution < -0.4 is 15.5 Å². The van der Waals surface area contributed by atoms with Crippen LogP contribution >= 0.6 is 24.0 Å². The summed E-state index contributed by atoms with van der Waals surface area (Å²) in [5, 5.41) is 6.66. The van der Waals surface area contributed by atoms with Crippen LogP contribution in [0, 0.1) is 0 Å². The number of benzene rings is 1. The Morgan fingerprint density at radius 1 is 1.06 bits per heavy atom. The van der Waals surface area contributed by atoms with E-state index in [1.165, 1.54) is 0 Å². The molecule has 176 valence electrons. The number of rotatable bonds is 7. The second-order valence-corrected chi connectivity index (χ2v) is 7.84. The maximum absolute atomic E-state index is 5.63. The standard InChI is InChI=1S/C24H31N7O.HI/c1-3-25-24(28-17-21-18-32-23(29-21)19-8-5-4-6-9-19)27-16-20-10-7-11-26-22(20)31-14-12-30(2)13-15-31;/h4-11,18H,3,12-17H2,1-2H3,(H2,25,27,28);1H. The Morgan fingerprint density at radius 2 is 1.85 bits per heavy atom. The van der Waals surface area contributed by atoms with Gasteiger partial charge in [-0.1, -0.05) is 24.3 Å². The van der Waals surface area contributed by atoms with Gasteiger partial charge in [0.1, 0.15) is 12.1 Å². The van der Waals surface area contributed by atoms with Crippen molar-refractivity contribution in [2.24, 2.45) is 4.99 Å². The van der Waals surface area contributed by atoms with Gasteiger partial charge in [0.2, 0.25) is 5.89 Å². The van der Waals surface area contributed by atoms with Crippen LogP contribution in [0.4, 0.5) is 5.82 Å². The molecule has 2 aromatic heterocycles. The normalized spacial score (nSPS) is 14.6. The molecule has 0 radical (unpaired) electrons. The number of nitrogens with one attached hydrogen (secondary N) is 2. The van der Waals surface area contributed by atoms with Gasteiger partial charge in [-0.25, -0.2) is 15.0 Å². The van der Waals surface area contributed by atoms with E-state index in [4.69, 9.17) is 9.41 Å². The molecular weight excluding hydrogens is 529 g/mol. The summed E-state index contributed by atoms with van der Waals surface area (Å²) in [6.45, 7) is 7.98. The molecule has 0 amide bonds. The third-order valence-electron chi connectivity index (χ3n) is 5.43. The summed E-state index contributed by atoms with van der Waals surface area (Å²) >= 11 is 0. The zero-order chi connectivity index (χ0) is 22.2. The van der Waals surface area contributed by atoms with Gasteiger partial charge in [-0.3, -0.25) is 0 Å². The first-order valence-electron chi connectivity index (χ1n) is 11.1. The number of hydrogen-bond acceptors (Lipinski definition) is 6. The zero-order valence-electron chi connectivity index (χ0n) is 19.2. The Hall–Kier alpha value is -2.66. The van der Waals surface area contributed by atoms with E-state index in [-0.39, 0.29) is 24.0 Å². The number of halogens is 1. The molecule has 1 aliphatic rings. The molecule has 0 spiro atoms. The first-order valence-corrected chi connectivity index (χ1v) is 11.1. The minimum absolute atomic E-state index is 0. The van der Waals surface area contributed by atoms with Gasteiger partial charge in [0.15, 0.2) is 5.96 Å². The van der Waals surface area contributed by atoms with Crippen LogP contribution in [-0.2, 0) is 13.1 Å². The Kier molecular flexibility index (Phi) is 9.49. The van der Waals surface area contributed by atoms with Crippen LogP contribution in [0.5, 0.6) is 0 Å². The van der Waals surface area contributed by atoms with Gasteiger partial charge in [0, 0.05) is 50.0 Å². The highest BCUT2D eigenvalue weighted by atomic mass is 127. The van der Waals surface area contributed by atoms with Crippen LogP contribution in [0.25, 0.3) is 11.5 Å². The summed E-state index contributed by atoms with van der Waals surface area (Å²) < 4.78 is 5.63. The van der Waals surface area contributed by atoms with E-state index in [2.05, 4.69) is 50.4 Å². The van der Waals surface area contributed by atoms with E-state index in [0.717, 1.165) is 61.3 Å². The molecule has 9 heteroatoms. The summed E-state index contributed by atoms with van der Waals surface area (Å²) in [7, 11) is 2.16. The van der Waals surface area contributed by atoms with E-state index < -0.39 is 0 Å². The number of oxazole rings is 1. The van der Waals surface area contributed by atoms with Crippen molar-refractivity contribution in [3.05, 3.63) is 66.2 Å². The second kappa shape index (κ2) is 12.5. The maximum Gasteiger partial charge on any atom is 0.226 e. The summed E-state index contributed by atoms with van der Waals surface area (Å²) in [5.41, 5.74) is 2.92. The van der Waals surface area contributed by atoms with Crippen molar-refractivity contribution in [1.82, 2.24) is 25.5 Å². The monoisotopic (exact) mass is 561 g/mol. The molecule has 3 aromatic rings. The Balaban J connectivity index is 0.00000306. The number of anilines is 1. The largest absolute Gasteiger partial charge is 0.444 e. The molecule has 0 unspecified atom stereocenters. The molecule has 3 heterocycles. The number of aromatic nitrogens is 2. The minimum atomic E-state index is 0. The number of hydrogen-bond donors (Lipinski definition) is 2. The lowest BCUT2D eigenvalue weighted by Crippen LogP contribution is -2.45. The minimum Gasteiger partial charge on any atom is -0.444 e. The lowest BCUT2D eigenvalue weighted by molar-refractivity contribution is 0.312. The van der Waals surface area contributed by atoms with Crippen molar-refractivity contribution in [3.63, 3.8) is 0 Å². The Morgan fingerprint density at radius 3 is 2.61 bits per heavy atom. The third kappa shape index (κ3) is 6.91. The summed E-state index contributed by atoms with van der Waals surface area (Å²) in [6.07, 6.45) is 3.55. The van der Waals surface area contributed by atoms with E-state index >= 15 is 0 Å². The van der Waals surface area contributed by atoms with Crippen molar-refractivity contribution in [2.45, 2.75) is 20.0 Å². The third-order valence-corrected chi connectivity index (χ3v) is 5.43. The quantitative estimate of drug-likeness (QED) is 0.260. The van der Waals surface area contributed by atoms with Crippen molar-refractivity contribution < 1.29 is 4.42 Å². The van der Waals surface area contributed by atoms with Crippen LogP contribution in [0.2, 0.25) is 0 Å². The highest BCUT2D eigenvalue weighted by Gasteiger charge is 2.17. The topological polar surface area (TPSA) is 81.8 Å². The van der Waals surface area contributed by atoms with E-state index in [1.807, 2.05) is 42.6 Å². The highest BCUT2D eigenvalue weighted by Crippen LogP contribution is 2.20. The van der Waals surface area contributed by atoms with Crippen LogP contribution in [0.3, 0.4) is 0 Å². The predicted octanol–water partition coefficient (Wildman–Crippen LogP) is 3.36. The molecule has 33 heavy (non-hydrogen) atoms. The lowest BCUT2D eigenvalue weighted by Gasteiger charge is -2.34. The summed E-state index contributed by atoms with van der Waals surface area (Å²) in [6, 6.07) is 14.0. The SMILES string of the molecule is CCNC(=NCc1cccnc1N1CCN(C)CC1)NCc1coc(-c2ccccc2)n1.I. The van der Waals surface area contributed by atoms with Crippen molar-refractivity contribution >= 4 is 35.8 Å². The number of nitrogens with zero attached hydrogens (tertiary/aromatic N) is 5. The maximum atomic E-state index is 5.63. The average molecular weight is 561 g/mol. The van der Waals surface area contributed by atoms with Crippen LogP contribution in [0.15, 0.2) is 64.3 Å². The van der Waals surface area contributed by atoms with E-state index in [0.29, 0.717) is 19.0 Å². The Bertz CT molecular complexity index is 1020. The average Bonchev–Trinajstić information content (AvgIpc) is 3.31. The predicted molar refractivity (Wildman–Crippen MR) is 143 cm³/mol. The molecule has 1 aliphatic heterocycles. The summed E-state index contributed by atoms with van der Waals surface area (Å²) in [4.78, 5) is 18.7. The zero-order valence-corrected chi connectivity index (χ0v) is 21.5. The van der Waals surface area contributed by atoms with Gasteiger partial charge < -0.3 is 24.9 Å². The molecule has 0 saturated carbocycles. The molecule has 0 bridgehead atoms. The molecule has 1 fully saturated rings. The fourth-order valence-electron chi connectivity index (χ4n) is 3.64.